The Morgan fingerprint density at radius 2 is 1.67 bits per heavy atom. The molecule has 27 heavy (non-hydrogen) atoms. The second kappa shape index (κ2) is 8.50. The minimum Gasteiger partial charge on any atom is -0.494 e. The van der Waals surface area contributed by atoms with Crippen molar-refractivity contribution in [1.82, 2.24) is 0 Å². The lowest BCUT2D eigenvalue weighted by atomic mass is 10.2. The topological polar surface area (TPSA) is 55.4 Å². The molecule has 3 aromatic carbocycles. The van der Waals surface area contributed by atoms with Crippen molar-refractivity contribution in [2.75, 3.05) is 11.3 Å². The molecule has 4 nitrogen and oxygen atoms in total. The van der Waals surface area contributed by atoms with Crippen molar-refractivity contribution in [1.29, 1.82) is 0 Å². The van der Waals surface area contributed by atoms with Gasteiger partial charge in [-0.2, -0.15) is 0 Å². The summed E-state index contributed by atoms with van der Waals surface area (Å²) in [6.07, 6.45) is 0. The number of aryl methyl sites for hydroxylation is 1. The van der Waals surface area contributed by atoms with Gasteiger partial charge >= 0.3 is 0 Å². The van der Waals surface area contributed by atoms with E-state index in [-0.39, 0.29) is 4.90 Å². The molecule has 0 atom stereocenters. The molecule has 0 aromatic heterocycles. The smallest absolute Gasteiger partial charge is 0.261 e. The Bertz CT molecular complexity index is 1020. The molecule has 6 heteroatoms. The molecule has 0 saturated carbocycles. The van der Waals surface area contributed by atoms with E-state index in [2.05, 4.69) is 4.72 Å². The largest absolute Gasteiger partial charge is 0.494 e. The van der Waals surface area contributed by atoms with Crippen LogP contribution < -0.4 is 9.46 Å². The predicted molar refractivity (Wildman–Crippen MR) is 110 cm³/mol. The van der Waals surface area contributed by atoms with E-state index in [1.54, 1.807) is 24.3 Å². The Morgan fingerprint density at radius 1 is 0.963 bits per heavy atom. The molecule has 0 radical (unpaired) electrons. The lowest BCUT2D eigenvalue weighted by Crippen LogP contribution is -2.14. The first-order chi connectivity index (χ1) is 13.0. The third kappa shape index (κ3) is 4.84. The van der Waals surface area contributed by atoms with Gasteiger partial charge in [-0.3, -0.25) is 4.72 Å². The monoisotopic (exact) mass is 399 g/mol. The van der Waals surface area contributed by atoms with Crippen LogP contribution in [0.15, 0.2) is 87.5 Å². The van der Waals surface area contributed by atoms with Crippen LogP contribution in [-0.4, -0.2) is 15.0 Å². The SMILES string of the molecule is CCOc1ccc(S(=O)(=O)Nc2ccccc2Sc2ccccc2)cc1C. The van der Waals surface area contributed by atoms with Crippen LogP contribution in [0.1, 0.15) is 12.5 Å². The Kier molecular flexibility index (Phi) is 6.08. The van der Waals surface area contributed by atoms with Crippen molar-refractivity contribution in [3.8, 4) is 5.75 Å². The number of nitrogens with one attached hydrogen (secondary N) is 1. The number of ether oxygens (including phenoxy) is 1. The second-order valence-corrected chi connectivity index (χ2v) is 8.67. The molecule has 0 amide bonds. The van der Waals surface area contributed by atoms with Gasteiger partial charge in [-0.25, -0.2) is 8.42 Å². The van der Waals surface area contributed by atoms with Crippen LogP contribution in [0.5, 0.6) is 5.75 Å². The minimum atomic E-state index is -3.70. The fraction of sp³-hybridized carbons (Fsp3) is 0.143. The van der Waals surface area contributed by atoms with Gasteiger partial charge in [0.15, 0.2) is 0 Å². The van der Waals surface area contributed by atoms with Crippen molar-refractivity contribution in [2.45, 2.75) is 28.5 Å². The molecule has 3 aromatic rings. The summed E-state index contributed by atoms with van der Waals surface area (Å²) in [5, 5.41) is 0. The van der Waals surface area contributed by atoms with E-state index in [4.69, 9.17) is 4.74 Å². The molecule has 0 aliphatic carbocycles. The van der Waals surface area contributed by atoms with Gasteiger partial charge in [0, 0.05) is 9.79 Å². The van der Waals surface area contributed by atoms with Crippen LogP contribution in [-0.2, 0) is 10.0 Å². The summed E-state index contributed by atoms with van der Waals surface area (Å²) in [6.45, 7) is 4.27. The average molecular weight is 400 g/mol. The van der Waals surface area contributed by atoms with Gasteiger partial charge in [0.25, 0.3) is 10.0 Å². The zero-order valence-corrected chi connectivity index (χ0v) is 16.8. The highest BCUT2D eigenvalue weighted by atomic mass is 32.2. The Labute approximate surface area is 164 Å². The fourth-order valence-corrected chi connectivity index (χ4v) is 4.72. The van der Waals surface area contributed by atoms with Gasteiger partial charge in [-0.05, 0) is 61.9 Å². The van der Waals surface area contributed by atoms with Crippen LogP contribution in [0.4, 0.5) is 5.69 Å². The van der Waals surface area contributed by atoms with Crippen molar-refractivity contribution < 1.29 is 13.2 Å². The van der Waals surface area contributed by atoms with Crippen LogP contribution in [0.25, 0.3) is 0 Å². The van der Waals surface area contributed by atoms with E-state index in [9.17, 15) is 8.42 Å². The normalized spacial score (nSPS) is 11.2. The van der Waals surface area contributed by atoms with Crippen LogP contribution in [0.3, 0.4) is 0 Å². The highest BCUT2D eigenvalue weighted by Crippen LogP contribution is 2.34. The summed E-state index contributed by atoms with van der Waals surface area (Å²) in [5.41, 5.74) is 1.34. The Balaban J connectivity index is 1.87. The van der Waals surface area contributed by atoms with E-state index >= 15 is 0 Å². The highest BCUT2D eigenvalue weighted by Gasteiger charge is 2.17. The molecule has 3 rings (SSSR count). The zero-order valence-electron chi connectivity index (χ0n) is 15.2. The maximum atomic E-state index is 12.9. The van der Waals surface area contributed by atoms with Crippen LogP contribution in [0.2, 0.25) is 0 Å². The van der Waals surface area contributed by atoms with Gasteiger partial charge < -0.3 is 4.74 Å². The average Bonchev–Trinajstić information content (AvgIpc) is 2.66. The summed E-state index contributed by atoms with van der Waals surface area (Å²) >= 11 is 1.52. The number of hydrogen-bond donors (Lipinski definition) is 1. The lowest BCUT2D eigenvalue weighted by Gasteiger charge is -2.14. The number of anilines is 1. The van der Waals surface area contributed by atoms with E-state index in [1.807, 2.05) is 62.4 Å². The number of rotatable bonds is 7. The second-order valence-electron chi connectivity index (χ2n) is 5.88. The van der Waals surface area contributed by atoms with Crippen molar-refractivity contribution in [3.05, 3.63) is 78.4 Å². The predicted octanol–water partition coefficient (Wildman–Crippen LogP) is 5.35. The van der Waals surface area contributed by atoms with Gasteiger partial charge in [-0.15, -0.1) is 0 Å². The van der Waals surface area contributed by atoms with E-state index < -0.39 is 10.0 Å². The quantitative estimate of drug-likeness (QED) is 0.582. The molecule has 0 aliphatic heterocycles. The molecule has 0 saturated heterocycles. The van der Waals surface area contributed by atoms with Crippen molar-refractivity contribution in [3.63, 3.8) is 0 Å². The Hall–Kier alpha value is -2.44. The van der Waals surface area contributed by atoms with Crippen LogP contribution in [0, 0.1) is 6.92 Å². The standard InChI is InChI=1S/C21H21NO3S2/c1-3-25-20-14-13-18(15-16(20)2)27(23,24)22-19-11-7-8-12-21(19)26-17-9-5-4-6-10-17/h4-15,22H,3H2,1-2H3. The first kappa shape index (κ1) is 19.3. The summed E-state index contributed by atoms with van der Waals surface area (Å²) in [5.74, 6) is 0.691. The molecule has 0 fully saturated rings. The molecule has 140 valence electrons. The molecular weight excluding hydrogens is 378 g/mol. The number of hydrogen-bond acceptors (Lipinski definition) is 4. The number of sulfonamides is 1. The maximum Gasteiger partial charge on any atom is 0.261 e. The van der Waals surface area contributed by atoms with E-state index in [1.165, 1.54) is 11.8 Å². The van der Waals surface area contributed by atoms with E-state index in [0.29, 0.717) is 18.0 Å². The molecule has 0 spiro atoms. The first-order valence-electron chi connectivity index (χ1n) is 8.58. The van der Waals surface area contributed by atoms with Gasteiger partial charge in [0.1, 0.15) is 5.75 Å². The lowest BCUT2D eigenvalue weighted by molar-refractivity contribution is 0.337. The minimum absolute atomic E-state index is 0.211. The van der Waals surface area contributed by atoms with Crippen LogP contribution >= 0.6 is 11.8 Å². The van der Waals surface area contributed by atoms with Gasteiger partial charge in [-0.1, -0.05) is 42.1 Å². The van der Waals surface area contributed by atoms with Gasteiger partial charge in [0.2, 0.25) is 0 Å². The fourth-order valence-electron chi connectivity index (χ4n) is 2.57. The maximum absolute atomic E-state index is 12.9. The molecule has 0 bridgehead atoms. The summed E-state index contributed by atoms with van der Waals surface area (Å²) in [4.78, 5) is 2.10. The Morgan fingerprint density at radius 3 is 2.37 bits per heavy atom. The van der Waals surface area contributed by atoms with Crippen molar-refractivity contribution in [2.24, 2.45) is 0 Å². The summed E-state index contributed by atoms with van der Waals surface area (Å²) in [7, 11) is -3.70. The summed E-state index contributed by atoms with van der Waals surface area (Å²) < 4.78 is 33.9. The van der Waals surface area contributed by atoms with E-state index in [0.717, 1.165) is 15.4 Å². The van der Waals surface area contributed by atoms with Gasteiger partial charge in [0.05, 0.1) is 17.2 Å². The molecule has 1 N–H and O–H groups in total. The third-order valence-electron chi connectivity index (χ3n) is 3.86. The molecule has 0 heterocycles. The zero-order chi connectivity index (χ0) is 19.3. The molecular formula is C21H21NO3S2. The highest BCUT2D eigenvalue weighted by molar-refractivity contribution is 7.99. The third-order valence-corrected chi connectivity index (χ3v) is 6.31. The first-order valence-corrected chi connectivity index (χ1v) is 10.9. The van der Waals surface area contributed by atoms with Crippen molar-refractivity contribution >= 4 is 27.5 Å². The molecule has 0 unspecified atom stereocenters. The molecule has 0 aliphatic rings. The number of benzene rings is 3. The summed E-state index contributed by atoms with van der Waals surface area (Å²) in [6, 6.07) is 22.1. The number of para-hydroxylation sites is 1.